The fourth-order valence-electron chi connectivity index (χ4n) is 3.62. The molecule has 168 valence electrons. The lowest BCUT2D eigenvalue weighted by molar-refractivity contribution is -0.119. The quantitative estimate of drug-likeness (QED) is 0.455. The van der Waals surface area contributed by atoms with Gasteiger partial charge in [-0.15, -0.1) is 0 Å². The molecule has 1 aromatic heterocycles. The number of nitrogens with zero attached hydrogens (tertiary/aromatic N) is 3. The minimum atomic E-state index is 0.611. The molecule has 1 amide bonds. The number of hydrogen-bond acceptors (Lipinski definition) is 5. The van der Waals surface area contributed by atoms with Crippen molar-refractivity contribution in [3.8, 4) is 11.4 Å². The maximum absolute atomic E-state index is 11.0. The van der Waals surface area contributed by atoms with Crippen molar-refractivity contribution < 1.29 is 14.4 Å². The Hall–Kier alpha value is -3.42. The molecule has 0 fully saturated rings. The molecular formula is C25H30N4O3. The molecule has 0 bridgehead atoms. The largest absolute Gasteiger partial charge is 0.380 e. The summed E-state index contributed by atoms with van der Waals surface area (Å²) in [5.41, 5.74) is 8.79. The van der Waals surface area contributed by atoms with Crippen molar-refractivity contribution in [1.29, 1.82) is 0 Å². The average molecular weight is 435 g/mol. The van der Waals surface area contributed by atoms with Gasteiger partial charge in [0.05, 0.1) is 37.3 Å². The normalized spacial score (nSPS) is 12.4. The molecule has 1 aliphatic heterocycles. The summed E-state index contributed by atoms with van der Waals surface area (Å²) in [4.78, 5) is 22.5. The van der Waals surface area contributed by atoms with E-state index in [0.29, 0.717) is 18.8 Å². The second-order valence-corrected chi connectivity index (χ2v) is 7.50. The molecule has 7 nitrogen and oxygen atoms in total. The van der Waals surface area contributed by atoms with Gasteiger partial charge in [0.1, 0.15) is 5.82 Å². The van der Waals surface area contributed by atoms with Crippen LogP contribution in [0.3, 0.4) is 0 Å². The standard InChI is InChI=1S/C17H20N4O2.C8H10O/c1-12(19-23-3)13-5-4-6-14(9-13)17-18-15-7-8-21(11-22)10-16(15)20(17)2;1-9-7-8-5-3-2-4-6-8/h4-6,9,11,19H,1,7-8,10H2,2-3H3;2-6H,7H2,1H3. The molecule has 0 spiro atoms. The summed E-state index contributed by atoms with van der Waals surface area (Å²) in [5, 5.41) is 0. The van der Waals surface area contributed by atoms with Crippen LogP contribution in [-0.4, -0.2) is 41.6 Å². The summed E-state index contributed by atoms with van der Waals surface area (Å²) in [6, 6.07) is 18.1. The van der Waals surface area contributed by atoms with E-state index in [1.165, 1.54) is 5.56 Å². The van der Waals surface area contributed by atoms with E-state index >= 15 is 0 Å². The lowest BCUT2D eigenvalue weighted by Crippen LogP contribution is -2.30. The molecule has 1 aliphatic rings. The molecule has 0 unspecified atom stereocenters. The molecule has 7 heteroatoms. The van der Waals surface area contributed by atoms with Crippen LogP contribution in [0.1, 0.15) is 22.5 Å². The second-order valence-electron chi connectivity index (χ2n) is 7.50. The van der Waals surface area contributed by atoms with Gasteiger partial charge < -0.3 is 14.2 Å². The van der Waals surface area contributed by atoms with Gasteiger partial charge in [0.25, 0.3) is 0 Å². The van der Waals surface area contributed by atoms with E-state index in [9.17, 15) is 4.79 Å². The van der Waals surface area contributed by atoms with Crippen LogP contribution in [0.15, 0.2) is 61.2 Å². The van der Waals surface area contributed by atoms with Gasteiger partial charge in [0, 0.05) is 32.7 Å². The number of ether oxygens (including phenoxy) is 1. The van der Waals surface area contributed by atoms with E-state index in [-0.39, 0.29) is 0 Å². The maximum Gasteiger partial charge on any atom is 0.210 e. The number of nitrogens with one attached hydrogen (secondary N) is 1. The smallest absolute Gasteiger partial charge is 0.210 e. The molecule has 0 aliphatic carbocycles. The van der Waals surface area contributed by atoms with Crippen LogP contribution < -0.4 is 5.48 Å². The van der Waals surface area contributed by atoms with Gasteiger partial charge in [-0.2, -0.15) is 0 Å². The first-order chi connectivity index (χ1) is 15.6. The molecule has 4 rings (SSSR count). The first-order valence-corrected chi connectivity index (χ1v) is 10.4. The predicted octanol–water partition coefficient (Wildman–Crippen LogP) is 3.56. The number of rotatable bonds is 7. The van der Waals surface area contributed by atoms with E-state index in [0.717, 1.165) is 47.7 Å². The van der Waals surface area contributed by atoms with E-state index < -0.39 is 0 Å². The Labute approximate surface area is 189 Å². The van der Waals surface area contributed by atoms with Crippen LogP contribution >= 0.6 is 0 Å². The number of imidazole rings is 1. The molecule has 0 saturated heterocycles. The van der Waals surface area contributed by atoms with E-state index in [2.05, 4.69) is 16.6 Å². The minimum absolute atomic E-state index is 0.611. The molecule has 0 radical (unpaired) electrons. The minimum Gasteiger partial charge on any atom is -0.380 e. The van der Waals surface area contributed by atoms with Gasteiger partial charge in [-0.1, -0.05) is 55.1 Å². The topological polar surface area (TPSA) is 68.6 Å². The number of hydroxylamine groups is 1. The van der Waals surface area contributed by atoms with E-state index in [1.54, 1.807) is 19.1 Å². The van der Waals surface area contributed by atoms with Crippen molar-refractivity contribution in [2.75, 3.05) is 20.8 Å². The van der Waals surface area contributed by atoms with Crippen molar-refractivity contribution >= 4 is 12.1 Å². The summed E-state index contributed by atoms with van der Waals surface area (Å²) in [5.74, 6) is 0.898. The first-order valence-electron chi connectivity index (χ1n) is 10.4. The molecule has 3 aromatic rings. The highest BCUT2D eigenvalue weighted by Gasteiger charge is 2.22. The summed E-state index contributed by atoms with van der Waals surface area (Å²) < 4.78 is 6.99. The SMILES string of the molecule is C=C(NOC)c1cccc(-c2nc3c(n2C)CN(C=O)CC3)c1.COCc1ccccc1. The molecule has 32 heavy (non-hydrogen) atoms. The fraction of sp³-hybridized carbons (Fsp3) is 0.280. The molecule has 0 atom stereocenters. The number of hydrogen-bond donors (Lipinski definition) is 1. The number of amides is 1. The summed E-state index contributed by atoms with van der Waals surface area (Å²) in [6.07, 6.45) is 1.69. The van der Waals surface area contributed by atoms with Crippen molar-refractivity contribution in [3.63, 3.8) is 0 Å². The summed E-state index contributed by atoms with van der Waals surface area (Å²) >= 11 is 0. The van der Waals surface area contributed by atoms with Crippen molar-refractivity contribution in [1.82, 2.24) is 19.9 Å². The number of aromatic nitrogens is 2. The fourth-order valence-corrected chi connectivity index (χ4v) is 3.62. The Balaban J connectivity index is 0.000000269. The molecule has 2 aromatic carbocycles. The van der Waals surface area contributed by atoms with Crippen LogP contribution in [0, 0.1) is 0 Å². The van der Waals surface area contributed by atoms with E-state index in [4.69, 9.17) is 14.6 Å². The number of methoxy groups -OCH3 is 1. The van der Waals surface area contributed by atoms with Crippen LogP contribution in [0.4, 0.5) is 0 Å². The van der Waals surface area contributed by atoms with Crippen molar-refractivity contribution in [2.24, 2.45) is 7.05 Å². The molecular weight excluding hydrogens is 404 g/mol. The monoisotopic (exact) mass is 434 g/mol. The third kappa shape index (κ3) is 5.63. The average Bonchev–Trinajstić information content (AvgIpc) is 3.16. The lowest BCUT2D eigenvalue weighted by atomic mass is 10.1. The number of fused-ring (bicyclic) bond motifs is 1. The Kier molecular flexibility index (Phi) is 8.19. The molecule has 0 saturated carbocycles. The van der Waals surface area contributed by atoms with Gasteiger partial charge in [0.15, 0.2) is 0 Å². The zero-order valence-corrected chi connectivity index (χ0v) is 18.9. The first kappa shape index (κ1) is 23.2. The lowest BCUT2D eigenvalue weighted by Gasteiger charge is -2.22. The third-order valence-corrected chi connectivity index (χ3v) is 5.28. The number of benzene rings is 2. The third-order valence-electron chi connectivity index (χ3n) is 5.28. The van der Waals surface area contributed by atoms with Crippen LogP contribution in [0.25, 0.3) is 17.1 Å². The van der Waals surface area contributed by atoms with Crippen LogP contribution in [0.2, 0.25) is 0 Å². The summed E-state index contributed by atoms with van der Waals surface area (Å²) in [6.45, 7) is 5.99. The zero-order valence-electron chi connectivity index (χ0n) is 18.9. The van der Waals surface area contributed by atoms with Crippen molar-refractivity contribution in [2.45, 2.75) is 19.6 Å². The number of carbonyl (C=O) groups is 1. The van der Waals surface area contributed by atoms with Gasteiger partial charge in [-0.05, 0) is 17.2 Å². The van der Waals surface area contributed by atoms with Gasteiger partial charge in [-0.3, -0.25) is 15.1 Å². The number of carbonyl (C=O) groups excluding carboxylic acids is 1. The van der Waals surface area contributed by atoms with E-state index in [1.807, 2.05) is 61.6 Å². The molecule has 1 N–H and O–H groups in total. The highest BCUT2D eigenvalue weighted by Crippen LogP contribution is 2.26. The van der Waals surface area contributed by atoms with Gasteiger partial charge in [0.2, 0.25) is 6.41 Å². The highest BCUT2D eigenvalue weighted by molar-refractivity contribution is 5.68. The Morgan fingerprint density at radius 2 is 1.97 bits per heavy atom. The van der Waals surface area contributed by atoms with Gasteiger partial charge >= 0.3 is 0 Å². The van der Waals surface area contributed by atoms with Gasteiger partial charge in [-0.25, -0.2) is 4.98 Å². The van der Waals surface area contributed by atoms with Crippen molar-refractivity contribution in [3.05, 3.63) is 83.7 Å². The van der Waals surface area contributed by atoms with Crippen LogP contribution in [-0.2, 0) is 41.0 Å². The zero-order chi connectivity index (χ0) is 22.9. The highest BCUT2D eigenvalue weighted by atomic mass is 16.6. The van der Waals surface area contributed by atoms with Crippen LogP contribution in [0.5, 0.6) is 0 Å². The summed E-state index contributed by atoms with van der Waals surface area (Å²) in [7, 11) is 5.25. The maximum atomic E-state index is 11.0. The predicted molar refractivity (Wildman–Crippen MR) is 125 cm³/mol. The molecule has 2 heterocycles. The Bertz CT molecular complexity index is 1050. The Morgan fingerprint density at radius 1 is 1.19 bits per heavy atom. The second kappa shape index (κ2) is 11.3. The Morgan fingerprint density at radius 3 is 2.66 bits per heavy atom.